The van der Waals surface area contributed by atoms with E-state index < -0.39 is 9.84 Å². The molecule has 0 aromatic rings. The fourth-order valence-electron chi connectivity index (χ4n) is 1.59. The second-order valence-electron chi connectivity index (χ2n) is 4.33. The zero-order valence-electron chi connectivity index (χ0n) is 9.90. The fourth-order valence-corrected chi connectivity index (χ4v) is 2.29. The molecule has 15 heavy (non-hydrogen) atoms. The average Bonchev–Trinajstić information content (AvgIpc) is 2.01. The van der Waals surface area contributed by atoms with E-state index in [1.807, 2.05) is 0 Å². The zero-order chi connectivity index (χ0) is 11.9. The van der Waals surface area contributed by atoms with Gasteiger partial charge >= 0.3 is 0 Å². The smallest absolute Gasteiger partial charge is 0.147 e. The summed E-state index contributed by atoms with van der Waals surface area (Å²) in [6, 6.07) is 0.0805. The molecule has 0 saturated carbocycles. The van der Waals surface area contributed by atoms with E-state index in [9.17, 15) is 8.42 Å². The molecule has 0 heterocycles. The third-order valence-corrected chi connectivity index (χ3v) is 3.28. The van der Waals surface area contributed by atoms with E-state index in [4.69, 9.17) is 10.5 Å². The van der Waals surface area contributed by atoms with Crippen LogP contribution in [0.4, 0.5) is 0 Å². The second-order valence-corrected chi connectivity index (χ2v) is 6.59. The Morgan fingerprint density at radius 1 is 1.40 bits per heavy atom. The highest BCUT2D eigenvalue weighted by Gasteiger charge is 2.10. The van der Waals surface area contributed by atoms with Crippen LogP contribution in [0.1, 0.15) is 26.2 Å². The van der Waals surface area contributed by atoms with Gasteiger partial charge in [-0.3, -0.25) is 0 Å². The van der Waals surface area contributed by atoms with Crippen LogP contribution in [-0.4, -0.2) is 40.2 Å². The highest BCUT2D eigenvalue weighted by Crippen LogP contribution is 2.09. The minimum atomic E-state index is -2.84. The van der Waals surface area contributed by atoms with Crippen molar-refractivity contribution in [3.05, 3.63) is 0 Å². The zero-order valence-corrected chi connectivity index (χ0v) is 10.7. The number of nitrogens with two attached hydrogens (primary N) is 1. The molecule has 0 saturated heterocycles. The van der Waals surface area contributed by atoms with Crippen LogP contribution in [-0.2, 0) is 14.6 Å². The maximum absolute atomic E-state index is 10.9. The van der Waals surface area contributed by atoms with Crippen molar-refractivity contribution < 1.29 is 13.2 Å². The van der Waals surface area contributed by atoms with Gasteiger partial charge in [-0.25, -0.2) is 8.42 Å². The van der Waals surface area contributed by atoms with Crippen LogP contribution in [0.5, 0.6) is 0 Å². The van der Waals surface area contributed by atoms with E-state index in [0.717, 1.165) is 12.8 Å². The topological polar surface area (TPSA) is 69.4 Å². The molecular weight excluding hydrogens is 214 g/mol. The van der Waals surface area contributed by atoms with Gasteiger partial charge in [0.15, 0.2) is 0 Å². The van der Waals surface area contributed by atoms with Gasteiger partial charge < -0.3 is 10.5 Å². The Hall–Kier alpha value is -0.130. The summed E-state index contributed by atoms with van der Waals surface area (Å²) in [6.45, 7) is 2.79. The van der Waals surface area contributed by atoms with Gasteiger partial charge in [-0.2, -0.15) is 0 Å². The summed E-state index contributed by atoms with van der Waals surface area (Å²) < 4.78 is 26.8. The van der Waals surface area contributed by atoms with E-state index in [0.29, 0.717) is 18.9 Å². The first-order valence-corrected chi connectivity index (χ1v) is 7.33. The Morgan fingerprint density at radius 2 is 2.00 bits per heavy atom. The molecule has 0 bridgehead atoms. The maximum atomic E-state index is 10.9. The van der Waals surface area contributed by atoms with E-state index in [-0.39, 0.29) is 11.8 Å². The standard InChI is InChI=1S/C10H23NO3S/c1-9(8-14-2)7-10(11)5-4-6-15(3,12)13/h9-10H,4-8,11H2,1-3H3. The van der Waals surface area contributed by atoms with Gasteiger partial charge in [0.05, 0.1) is 0 Å². The van der Waals surface area contributed by atoms with Crippen molar-refractivity contribution in [2.75, 3.05) is 25.7 Å². The number of ether oxygens (including phenoxy) is 1. The second kappa shape index (κ2) is 7.19. The predicted molar refractivity (Wildman–Crippen MR) is 62.6 cm³/mol. The molecule has 0 radical (unpaired) electrons. The lowest BCUT2D eigenvalue weighted by molar-refractivity contribution is 0.151. The summed E-state index contributed by atoms with van der Waals surface area (Å²) in [5, 5.41) is 0. The lowest BCUT2D eigenvalue weighted by atomic mass is 10.00. The van der Waals surface area contributed by atoms with Crippen LogP contribution < -0.4 is 5.73 Å². The Bertz CT molecular complexity index is 251. The average molecular weight is 237 g/mol. The van der Waals surface area contributed by atoms with E-state index >= 15 is 0 Å². The molecule has 0 aliphatic rings. The SMILES string of the molecule is COCC(C)CC(N)CCCS(C)(=O)=O. The van der Waals surface area contributed by atoms with Gasteiger partial charge in [0.1, 0.15) is 9.84 Å². The summed E-state index contributed by atoms with van der Waals surface area (Å²) in [5.41, 5.74) is 5.88. The molecule has 0 fully saturated rings. The van der Waals surface area contributed by atoms with Gasteiger partial charge in [-0.1, -0.05) is 6.92 Å². The summed E-state index contributed by atoms with van der Waals surface area (Å²) in [6.07, 6.45) is 3.56. The number of rotatable bonds is 8. The molecule has 0 amide bonds. The molecule has 2 N–H and O–H groups in total. The van der Waals surface area contributed by atoms with Crippen LogP contribution in [0.2, 0.25) is 0 Å². The van der Waals surface area contributed by atoms with Crippen molar-refractivity contribution >= 4 is 9.84 Å². The summed E-state index contributed by atoms with van der Waals surface area (Å²) >= 11 is 0. The highest BCUT2D eigenvalue weighted by atomic mass is 32.2. The quantitative estimate of drug-likeness (QED) is 0.678. The molecular formula is C10H23NO3S. The largest absolute Gasteiger partial charge is 0.384 e. The Balaban J connectivity index is 3.61. The van der Waals surface area contributed by atoms with Crippen LogP contribution in [0.3, 0.4) is 0 Å². The molecule has 0 aliphatic heterocycles. The molecule has 0 aromatic heterocycles. The van der Waals surface area contributed by atoms with Crippen LogP contribution in [0.25, 0.3) is 0 Å². The van der Waals surface area contributed by atoms with Gasteiger partial charge in [0.2, 0.25) is 0 Å². The fraction of sp³-hybridized carbons (Fsp3) is 1.00. The molecule has 0 spiro atoms. The minimum absolute atomic E-state index is 0.0805. The minimum Gasteiger partial charge on any atom is -0.384 e. The molecule has 0 aliphatic carbocycles. The number of hydrogen-bond acceptors (Lipinski definition) is 4. The molecule has 5 heteroatoms. The summed E-state index contributed by atoms with van der Waals surface area (Å²) in [5.74, 6) is 0.669. The highest BCUT2D eigenvalue weighted by molar-refractivity contribution is 7.90. The first-order valence-electron chi connectivity index (χ1n) is 5.27. The first-order chi connectivity index (χ1) is 6.85. The maximum Gasteiger partial charge on any atom is 0.147 e. The van der Waals surface area contributed by atoms with Crippen molar-refractivity contribution in [1.82, 2.24) is 0 Å². The Labute approximate surface area is 93.1 Å². The Kier molecular flexibility index (Phi) is 7.13. The lowest BCUT2D eigenvalue weighted by Gasteiger charge is -2.16. The predicted octanol–water partition coefficient (Wildman–Crippen LogP) is 0.811. The third kappa shape index (κ3) is 10.2. The van der Waals surface area contributed by atoms with Crippen molar-refractivity contribution in [3.63, 3.8) is 0 Å². The molecule has 92 valence electrons. The molecule has 0 rings (SSSR count). The number of hydrogen-bond donors (Lipinski definition) is 1. The van der Waals surface area contributed by atoms with Crippen molar-refractivity contribution in [2.24, 2.45) is 11.7 Å². The van der Waals surface area contributed by atoms with Crippen molar-refractivity contribution in [3.8, 4) is 0 Å². The van der Waals surface area contributed by atoms with Gasteiger partial charge in [-0.15, -0.1) is 0 Å². The van der Waals surface area contributed by atoms with Crippen LogP contribution in [0.15, 0.2) is 0 Å². The third-order valence-electron chi connectivity index (χ3n) is 2.25. The summed E-state index contributed by atoms with van der Waals surface area (Å²) in [7, 11) is -1.17. The Morgan fingerprint density at radius 3 is 2.47 bits per heavy atom. The number of methoxy groups -OCH3 is 1. The van der Waals surface area contributed by atoms with Gasteiger partial charge in [0.25, 0.3) is 0 Å². The lowest BCUT2D eigenvalue weighted by Crippen LogP contribution is -2.25. The van der Waals surface area contributed by atoms with Crippen LogP contribution in [0, 0.1) is 5.92 Å². The molecule has 0 aromatic carbocycles. The van der Waals surface area contributed by atoms with E-state index in [2.05, 4.69) is 6.92 Å². The van der Waals surface area contributed by atoms with Crippen molar-refractivity contribution in [1.29, 1.82) is 0 Å². The van der Waals surface area contributed by atoms with E-state index in [1.165, 1.54) is 6.26 Å². The normalized spacial score (nSPS) is 16.3. The summed E-state index contributed by atoms with van der Waals surface area (Å²) in [4.78, 5) is 0. The van der Waals surface area contributed by atoms with Gasteiger partial charge in [0, 0.05) is 31.8 Å². The van der Waals surface area contributed by atoms with E-state index in [1.54, 1.807) is 7.11 Å². The van der Waals surface area contributed by atoms with Crippen molar-refractivity contribution in [2.45, 2.75) is 32.2 Å². The molecule has 4 nitrogen and oxygen atoms in total. The molecule has 2 unspecified atom stereocenters. The van der Waals surface area contributed by atoms with Gasteiger partial charge in [-0.05, 0) is 25.2 Å². The monoisotopic (exact) mass is 237 g/mol. The molecule has 2 atom stereocenters. The first kappa shape index (κ1) is 14.9. The number of sulfone groups is 1. The van der Waals surface area contributed by atoms with Crippen LogP contribution >= 0.6 is 0 Å².